The summed E-state index contributed by atoms with van der Waals surface area (Å²) >= 11 is 0. The number of carbonyl (C=O) groups excluding carboxylic acids is 1. The van der Waals surface area contributed by atoms with Gasteiger partial charge in [0.15, 0.2) is 0 Å². The number of pyridine rings is 1. The molecule has 0 N–H and O–H groups in total. The standard InChI is InChI=1S/C17H21N5O/c1-20-7-5-15(19-20)17(23)21-8-4-14-11-22(16(14)12-21)10-13-3-2-6-18-9-13/h2-3,5-7,9,14,16H,4,8,10-12H2,1H3/t14-,16-/m1/s1. The maximum Gasteiger partial charge on any atom is 0.274 e. The molecule has 2 aromatic rings. The molecule has 0 spiro atoms. The van der Waals surface area contributed by atoms with E-state index in [2.05, 4.69) is 21.0 Å². The quantitative estimate of drug-likeness (QED) is 0.853. The Hall–Kier alpha value is -2.21. The molecule has 0 aromatic carbocycles. The average molecular weight is 311 g/mol. The van der Waals surface area contributed by atoms with Crippen LogP contribution in [0.5, 0.6) is 0 Å². The Morgan fingerprint density at radius 2 is 2.26 bits per heavy atom. The van der Waals surface area contributed by atoms with Crippen molar-refractivity contribution < 1.29 is 4.79 Å². The normalized spacial score (nSPS) is 24.1. The highest BCUT2D eigenvalue weighted by molar-refractivity contribution is 5.92. The lowest BCUT2D eigenvalue weighted by Gasteiger charge is -2.53. The van der Waals surface area contributed by atoms with E-state index >= 15 is 0 Å². The zero-order valence-corrected chi connectivity index (χ0v) is 13.3. The van der Waals surface area contributed by atoms with Crippen LogP contribution in [0.1, 0.15) is 22.5 Å². The van der Waals surface area contributed by atoms with E-state index in [1.807, 2.05) is 30.4 Å². The molecule has 120 valence electrons. The van der Waals surface area contributed by atoms with E-state index in [0.717, 1.165) is 38.5 Å². The molecular weight excluding hydrogens is 290 g/mol. The first-order chi connectivity index (χ1) is 11.2. The van der Waals surface area contributed by atoms with Gasteiger partial charge >= 0.3 is 0 Å². The van der Waals surface area contributed by atoms with Crippen molar-refractivity contribution in [2.75, 3.05) is 19.6 Å². The molecule has 2 aliphatic rings. The second-order valence-electron chi connectivity index (χ2n) is 6.53. The van der Waals surface area contributed by atoms with Gasteiger partial charge in [0, 0.05) is 57.9 Å². The van der Waals surface area contributed by atoms with Crippen molar-refractivity contribution in [1.82, 2.24) is 24.6 Å². The van der Waals surface area contributed by atoms with Crippen molar-refractivity contribution in [3.05, 3.63) is 48.0 Å². The molecule has 2 fully saturated rings. The highest BCUT2D eigenvalue weighted by Gasteiger charge is 2.43. The van der Waals surface area contributed by atoms with E-state index in [-0.39, 0.29) is 5.91 Å². The van der Waals surface area contributed by atoms with Gasteiger partial charge in [-0.15, -0.1) is 0 Å². The number of hydrogen-bond acceptors (Lipinski definition) is 4. The molecule has 0 saturated carbocycles. The molecule has 2 saturated heterocycles. The van der Waals surface area contributed by atoms with Gasteiger partial charge in [-0.05, 0) is 30.0 Å². The molecule has 2 aromatic heterocycles. The number of carbonyl (C=O) groups is 1. The Morgan fingerprint density at radius 1 is 1.35 bits per heavy atom. The topological polar surface area (TPSA) is 54.3 Å². The van der Waals surface area contributed by atoms with Crippen molar-refractivity contribution in [1.29, 1.82) is 0 Å². The zero-order chi connectivity index (χ0) is 15.8. The highest BCUT2D eigenvalue weighted by Crippen LogP contribution is 2.33. The summed E-state index contributed by atoms with van der Waals surface area (Å²) in [6.45, 7) is 3.70. The SMILES string of the molecule is Cn1ccc(C(=O)N2CC[C@@H]3CN(Cc4cccnc4)[C@@H]3C2)n1. The van der Waals surface area contributed by atoms with E-state index in [9.17, 15) is 4.79 Å². The molecule has 2 aliphatic heterocycles. The summed E-state index contributed by atoms with van der Waals surface area (Å²) in [5.74, 6) is 0.775. The number of likely N-dealkylation sites (tertiary alicyclic amines) is 2. The summed E-state index contributed by atoms with van der Waals surface area (Å²) in [7, 11) is 1.84. The fourth-order valence-electron chi connectivity index (χ4n) is 3.69. The van der Waals surface area contributed by atoms with Crippen LogP contribution < -0.4 is 0 Å². The highest BCUT2D eigenvalue weighted by atomic mass is 16.2. The molecule has 0 unspecified atom stereocenters. The summed E-state index contributed by atoms with van der Waals surface area (Å²) in [4.78, 5) is 21.2. The van der Waals surface area contributed by atoms with Gasteiger partial charge in [-0.25, -0.2) is 0 Å². The van der Waals surface area contributed by atoms with Crippen LogP contribution in [0, 0.1) is 5.92 Å². The van der Waals surface area contributed by atoms with Gasteiger partial charge in [0.1, 0.15) is 5.69 Å². The Morgan fingerprint density at radius 3 is 3.00 bits per heavy atom. The molecule has 6 nitrogen and oxygen atoms in total. The van der Waals surface area contributed by atoms with Crippen LogP contribution in [0.3, 0.4) is 0 Å². The van der Waals surface area contributed by atoms with Crippen LogP contribution >= 0.6 is 0 Å². The predicted octanol–water partition coefficient (Wildman–Crippen LogP) is 1.16. The van der Waals surface area contributed by atoms with Crippen molar-refractivity contribution in [2.45, 2.75) is 19.0 Å². The monoisotopic (exact) mass is 311 g/mol. The van der Waals surface area contributed by atoms with Gasteiger partial charge in [-0.2, -0.15) is 5.10 Å². The third-order valence-electron chi connectivity index (χ3n) is 4.99. The summed E-state index contributed by atoms with van der Waals surface area (Å²) in [6.07, 6.45) is 6.63. The van der Waals surface area contributed by atoms with E-state index < -0.39 is 0 Å². The summed E-state index contributed by atoms with van der Waals surface area (Å²) in [5, 5.41) is 4.24. The van der Waals surface area contributed by atoms with Gasteiger partial charge < -0.3 is 4.90 Å². The molecule has 6 heteroatoms. The first kappa shape index (κ1) is 14.4. The van der Waals surface area contributed by atoms with Gasteiger partial charge in [-0.3, -0.25) is 19.4 Å². The molecule has 4 heterocycles. The van der Waals surface area contributed by atoms with Crippen molar-refractivity contribution in [3.63, 3.8) is 0 Å². The largest absolute Gasteiger partial charge is 0.336 e. The number of rotatable bonds is 3. The van der Waals surface area contributed by atoms with Gasteiger partial charge in [-0.1, -0.05) is 6.07 Å². The van der Waals surface area contributed by atoms with E-state index in [1.165, 1.54) is 5.56 Å². The van der Waals surface area contributed by atoms with Crippen LogP contribution in [0.15, 0.2) is 36.8 Å². The first-order valence-electron chi connectivity index (χ1n) is 8.12. The molecule has 0 aliphatic carbocycles. The maximum absolute atomic E-state index is 12.6. The third kappa shape index (κ3) is 2.74. The van der Waals surface area contributed by atoms with E-state index in [4.69, 9.17) is 0 Å². The Labute approximate surface area is 135 Å². The number of piperidine rings is 1. The lowest BCUT2D eigenvalue weighted by atomic mass is 9.82. The Bertz CT molecular complexity index is 698. The van der Waals surface area contributed by atoms with Crippen LogP contribution in [0.2, 0.25) is 0 Å². The molecule has 2 atom stereocenters. The Balaban J connectivity index is 1.41. The van der Waals surface area contributed by atoms with Gasteiger partial charge in [0.05, 0.1) is 0 Å². The smallest absolute Gasteiger partial charge is 0.274 e. The minimum absolute atomic E-state index is 0.0530. The van der Waals surface area contributed by atoms with Crippen molar-refractivity contribution >= 4 is 5.91 Å². The minimum atomic E-state index is 0.0530. The predicted molar refractivity (Wildman–Crippen MR) is 85.7 cm³/mol. The van der Waals surface area contributed by atoms with E-state index in [1.54, 1.807) is 16.9 Å². The number of hydrogen-bond donors (Lipinski definition) is 0. The number of fused-ring (bicyclic) bond motifs is 1. The lowest BCUT2D eigenvalue weighted by molar-refractivity contribution is -0.0429. The number of aryl methyl sites for hydroxylation is 1. The molecule has 23 heavy (non-hydrogen) atoms. The fourth-order valence-corrected chi connectivity index (χ4v) is 3.69. The van der Waals surface area contributed by atoms with Crippen LogP contribution in [-0.2, 0) is 13.6 Å². The van der Waals surface area contributed by atoms with Crippen LogP contribution in [-0.4, -0.2) is 56.1 Å². The fraction of sp³-hybridized carbons (Fsp3) is 0.471. The third-order valence-corrected chi connectivity index (χ3v) is 4.99. The van der Waals surface area contributed by atoms with E-state index in [0.29, 0.717) is 11.7 Å². The molecule has 1 amide bonds. The van der Waals surface area contributed by atoms with Gasteiger partial charge in [0.25, 0.3) is 5.91 Å². The number of nitrogens with zero attached hydrogens (tertiary/aromatic N) is 5. The summed E-state index contributed by atoms with van der Waals surface area (Å²) in [5.41, 5.74) is 1.78. The molecule has 0 radical (unpaired) electrons. The molecule has 0 bridgehead atoms. The summed E-state index contributed by atoms with van der Waals surface area (Å²) in [6, 6.07) is 6.35. The molecular formula is C17H21N5O. The zero-order valence-electron chi connectivity index (χ0n) is 13.3. The minimum Gasteiger partial charge on any atom is -0.336 e. The first-order valence-corrected chi connectivity index (χ1v) is 8.12. The number of aromatic nitrogens is 3. The van der Waals surface area contributed by atoms with Crippen molar-refractivity contribution in [2.24, 2.45) is 13.0 Å². The second-order valence-corrected chi connectivity index (χ2v) is 6.53. The molecule has 4 rings (SSSR count). The maximum atomic E-state index is 12.6. The van der Waals surface area contributed by atoms with Crippen LogP contribution in [0.25, 0.3) is 0 Å². The summed E-state index contributed by atoms with van der Waals surface area (Å²) < 4.78 is 1.68. The Kier molecular flexibility index (Phi) is 3.61. The average Bonchev–Trinajstić information content (AvgIpc) is 2.99. The van der Waals surface area contributed by atoms with Crippen molar-refractivity contribution in [3.8, 4) is 0 Å². The van der Waals surface area contributed by atoms with Crippen LogP contribution in [0.4, 0.5) is 0 Å². The lowest BCUT2D eigenvalue weighted by Crippen LogP contribution is -2.64. The van der Waals surface area contributed by atoms with Gasteiger partial charge in [0.2, 0.25) is 0 Å². The number of amides is 1. The second kappa shape index (κ2) is 5.77.